The number of aromatic nitrogens is 2. The molecule has 1 aromatic heterocycles. The fourth-order valence-corrected chi connectivity index (χ4v) is 3.06. The average molecular weight is 288 g/mol. The van der Waals surface area contributed by atoms with Crippen LogP contribution in [0, 0.1) is 0 Å². The van der Waals surface area contributed by atoms with E-state index in [4.69, 9.17) is 9.72 Å². The van der Waals surface area contributed by atoms with Crippen LogP contribution in [0.15, 0.2) is 24.3 Å². The van der Waals surface area contributed by atoms with Crippen LogP contribution >= 0.6 is 0 Å². The Morgan fingerprint density at radius 3 is 2.95 bits per heavy atom. The van der Waals surface area contributed by atoms with Gasteiger partial charge in [0.15, 0.2) is 0 Å². The van der Waals surface area contributed by atoms with Crippen LogP contribution in [0.2, 0.25) is 0 Å². The number of methoxy groups -OCH3 is 1. The van der Waals surface area contributed by atoms with E-state index in [0.29, 0.717) is 6.04 Å². The van der Waals surface area contributed by atoms with E-state index in [1.807, 2.05) is 12.1 Å². The minimum absolute atomic E-state index is 0.571. The maximum Gasteiger partial charge on any atom is 0.203 e. The molecular formula is C16H24N4O. The number of nitrogens with zero attached hydrogens (tertiary/aromatic N) is 3. The lowest BCUT2D eigenvalue weighted by Crippen LogP contribution is -2.54. The molecule has 1 aliphatic rings. The lowest BCUT2D eigenvalue weighted by molar-refractivity contribution is 0.109. The molecule has 114 valence electrons. The summed E-state index contributed by atoms with van der Waals surface area (Å²) in [5.74, 6) is 1.00. The van der Waals surface area contributed by atoms with Crippen molar-refractivity contribution >= 4 is 17.0 Å². The molecule has 0 aliphatic carbocycles. The van der Waals surface area contributed by atoms with Gasteiger partial charge in [-0.2, -0.15) is 0 Å². The summed E-state index contributed by atoms with van der Waals surface area (Å²) in [6.07, 6.45) is 1.15. The molecule has 1 aliphatic heterocycles. The molecule has 5 nitrogen and oxygen atoms in total. The third-order valence-electron chi connectivity index (χ3n) is 4.33. The van der Waals surface area contributed by atoms with Gasteiger partial charge in [0.25, 0.3) is 0 Å². The van der Waals surface area contributed by atoms with Crippen molar-refractivity contribution in [1.29, 1.82) is 0 Å². The SMILES string of the molecule is CCC1CN(c2nc3ccccc3[nH]2)CCN1CCOC. The first-order chi connectivity index (χ1) is 10.3. The van der Waals surface area contributed by atoms with E-state index in [-0.39, 0.29) is 0 Å². The van der Waals surface area contributed by atoms with Gasteiger partial charge in [0.2, 0.25) is 5.95 Å². The number of aromatic amines is 1. The highest BCUT2D eigenvalue weighted by Gasteiger charge is 2.26. The zero-order valence-corrected chi connectivity index (χ0v) is 12.9. The number of piperazine rings is 1. The van der Waals surface area contributed by atoms with Gasteiger partial charge in [0.05, 0.1) is 17.6 Å². The van der Waals surface area contributed by atoms with E-state index in [9.17, 15) is 0 Å². The van der Waals surface area contributed by atoms with Crippen molar-refractivity contribution < 1.29 is 4.74 Å². The first-order valence-corrected chi connectivity index (χ1v) is 7.74. The molecule has 2 aromatic rings. The summed E-state index contributed by atoms with van der Waals surface area (Å²) < 4.78 is 5.21. The second-order valence-electron chi connectivity index (χ2n) is 5.61. The zero-order valence-electron chi connectivity index (χ0n) is 12.9. The first kappa shape index (κ1) is 14.4. The normalized spacial score (nSPS) is 20.3. The summed E-state index contributed by atoms with van der Waals surface area (Å²) in [4.78, 5) is 13.1. The van der Waals surface area contributed by atoms with Crippen molar-refractivity contribution in [1.82, 2.24) is 14.9 Å². The van der Waals surface area contributed by atoms with E-state index in [1.165, 1.54) is 0 Å². The van der Waals surface area contributed by atoms with Crippen LogP contribution in [-0.4, -0.2) is 60.8 Å². The number of imidazole rings is 1. The van der Waals surface area contributed by atoms with Gasteiger partial charge < -0.3 is 14.6 Å². The summed E-state index contributed by atoms with van der Waals surface area (Å²) in [6, 6.07) is 8.79. The Balaban J connectivity index is 1.72. The van der Waals surface area contributed by atoms with Gasteiger partial charge in [-0.05, 0) is 18.6 Å². The number of nitrogens with one attached hydrogen (secondary N) is 1. The molecule has 1 fully saturated rings. The molecule has 1 atom stereocenters. The maximum absolute atomic E-state index is 5.21. The number of benzene rings is 1. The third-order valence-corrected chi connectivity index (χ3v) is 4.33. The molecule has 0 amide bonds. The number of anilines is 1. The van der Waals surface area contributed by atoms with Gasteiger partial charge >= 0.3 is 0 Å². The molecule has 1 aromatic carbocycles. The van der Waals surface area contributed by atoms with E-state index >= 15 is 0 Å². The van der Waals surface area contributed by atoms with Crippen molar-refractivity contribution in [2.45, 2.75) is 19.4 Å². The van der Waals surface area contributed by atoms with Crippen LogP contribution in [-0.2, 0) is 4.74 Å². The second-order valence-corrected chi connectivity index (χ2v) is 5.61. The molecule has 1 unspecified atom stereocenters. The van der Waals surface area contributed by atoms with Gasteiger partial charge in [-0.3, -0.25) is 4.90 Å². The second kappa shape index (κ2) is 6.45. The molecular weight excluding hydrogens is 264 g/mol. The minimum atomic E-state index is 0.571. The van der Waals surface area contributed by atoms with Crippen molar-refractivity contribution in [3.05, 3.63) is 24.3 Å². The number of fused-ring (bicyclic) bond motifs is 1. The van der Waals surface area contributed by atoms with Crippen LogP contribution < -0.4 is 4.90 Å². The smallest absolute Gasteiger partial charge is 0.203 e. The summed E-state index contributed by atoms with van der Waals surface area (Å²) in [5, 5.41) is 0. The molecule has 3 rings (SSSR count). The monoisotopic (exact) mass is 288 g/mol. The zero-order chi connectivity index (χ0) is 14.7. The van der Waals surface area contributed by atoms with Gasteiger partial charge in [-0.15, -0.1) is 0 Å². The predicted octanol–water partition coefficient (Wildman–Crippen LogP) is 2.11. The van der Waals surface area contributed by atoms with E-state index in [1.54, 1.807) is 7.11 Å². The molecule has 0 bridgehead atoms. The molecule has 21 heavy (non-hydrogen) atoms. The highest BCUT2D eigenvalue weighted by atomic mass is 16.5. The Morgan fingerprint density at radius 1 is 1.33 bits per heavy atom. The van der Waals surface area contributed by atoms with Crippen LogP contribution in [0.1, 0.15) is 13.3 Å². The number of ether oxygens (including phenoxy) is 1. The van der Waals surface area contributed by atoms with Crippen LogP contribution in [0.4, 0.5) is 5.95 Å². The fraction of sp³-hybridized carbons (Fsp3) is 0.562. The highest BCUT2D eigenvalue weighted by Crippen LogP contribution is 2.21. The standard InChI is InChI=1S/C16H24N4O/c1-3-13-12-20(9-8-19(13)10-11-21-2)16-17-14-6-4-5-7-15(14)18-16/h4-7,13H,3,8-12H2,1-2H3,(H,17,18). The Bertz CT molecular complexity index is 549. The van der Waals surface area contributed by atoms with Crippen LogP contribution in [0.3, 0.4) is 0 Å². The van der Waals surface area contributed by atoms with Gasteiger partial charge in [0, 0.05) is 39.3 Å². The van der Waals surface area contributed by atoms with Crippen molar-refractivity contribution in [2.24, 2.45) is 0 Å². The van der Waals surface area contributed by atoms with Crippen molar-refractivity contribution in [3.63, 3.8) is 0 Å². The molecule has 0 spiro atoms. The fourth-order valence-electron chi connectivity index (χ4n) is 3.06. The number of H-pyrrole nitrogens is 1. The Hall–Kier alpha value is -1.59. The minimum Gasteiger partial charge on any atom is -0.383 e. The summed E-state index contributed by atoms with van der Waals surface area (Å²) in [7, 11) is 1.77. The number of hydrogen-bond donors (Lipinski definition) is 1. The largest absolute Gasteiger partial charge is 0.383 e. The van der Waals surface area contributed by atoms with Crippen molar-refractivity contribution in [2.75, 3.05) is 44.8 Å². The number of hydrogen-bond acceptors (Lipinski definition) is 4. The molecule has 0 saturated carbocycles. The third kappa shape index (κ3) is 3.04. The molecule has 0 radical (unpaired) electrons. The summed E-state index contributed by atoms with van der Waals surface area (Å²) in [6.45, 7) is 7.19. The number of para-hydroxylation sites is 2. The van der Waals surface area contributed by atoms with E-state index in [0.717, 1.165) is 56.2 Å². The quantitative estimate of drug-likeness (QED) is 0.915. The Kier molecular flexibility index (Phi) is 4.41. The van der Waals surface area contributed by atoms with Crippen molar-refractivity contribution in [3.8, 4) is 0 Å². The molecule has 1 N–H and O–H groups in total. The predicted molar refractivity (Wildman–Crippen MR) is 85.8 cm³/mol. The van der Waals surface area contributed by atoms with Gasteiger partial charge in [0.1, 0.15) is 0 Å². The Labute approximate surface area is 125 Å². The van der Waals surface area contributed by atoms with Crippen LogP contribution in [0.5, 0.6) is 0 Å². The van der Waals surface area contributed by atoms with Gasteiger partial charge in [-0.1, -0.05) is 19.1 Å². The maximum atomic E-state index is 5.21. The van der Waals surface area contributed by atoms with E-state index < -0.39 is 0 Å². The Morgan fingerprint density at radius 2 is 2.19 bits per heavy atom. The van der Waals surface area contributed by atoms with Crippen LogP contribution in [0.25, 0.3) is 11.0 Å². The molecule has 5 heteroatoms. The van der Waals surface area contributed by atoms with E-state index in [2.05, 4.69) is 33.8 Å². The first-order valence-electron chi connectivity index (χ1n) is 7.74. The highest BCUT2D eigenvalue weighted by molar-refractivity contribution is 5.77. The lowest BCUT2D eigenvalue weighted by Gasteiger charge is -2.41. The summed E-state index contributed by atoms with van der Waals surface area (Å²) in [5.41, 5.74) is 2.16. The molecule has 1 saturated heterocycles. The lowest BCUT2D eigenvalue weighted by atomic mass is 10.1. The van der Waals surface area contributed by atoms with Gasteiger partial charge in [-0.25, -0.2) is 4.98 Å². The summed E-state index contributed by atoms with van der Waals surface area (Å²) >= 11 is 0. The molecule has 2 heterocycles. The topological polar surface area (TPSA) is 44.4 Å². The number of rotatable bonds is 5. The average Bonchev–Trinajstić information content (AvgIpc) is 2.96.